The fourth-order valence-electron chi connectivity index (χ4n) is 16.3. The van der Waals surface area contributed by atoms with E-state index >= 15 is 0 Å². The van der Waals surface area contributed by atoms with Gasteiger partial charge in [0.05, 0.1) is 16.2 Å². The second-order valence-electron chi connectivity index (χ2n) is 21.6. The van der Waals surface area contributed by atoms with Crippen molar-refractivity contribution in [1.82, 2.24) is 0 Å². The number of fused-ring (bicyclic) bond motifs is 30. The van der Waals surface area contributed by atoms with Gasteiger partial charge in [0.25, 0.3) is 0 Å². The van der Waals surface area contributed by atoms with Gasteiger partial charge in [-0.3, -0.25) is 0 Å². The number of hydrogen-bond acceptors (Lipinski definition) is 0. The lowest BCUT2D eigenvalue weighted by Crippen LogP contribution is -2.27. The standard InChI is InChI=1S/C75H44/c1-9-31-61-49(19-1)50-20-2-10-32-62(50)73(61)69-43-45(47-27-17-29-59-55-25-7-15-37-67(55)74(71(47)59)63-33-11-3-21-51(63)52-22-4-12-34-64(52)74)39-41-57(69)58-42-40-46(44-70(58)73)48-28-18-30-60-56-26-8-16-38-68(56)75(72(48)60)65-35-13-5-23-53(65)54-24-6-14-36-66(54)75/h1-44H. The fraction of sp³-hybridized carbons (Fsp3) is 0.0400. The second-order valence-corrected chi connectivity index (χ2v) is 21.6. The minimum absolute atomic E-state index is 0.468. The summed E-state index contributed by atoms with van der Waals surface area (Å²) < 4.78 is 0. The van der Waals surface area contributed by atoms with Gasteiger partial charge in [-0.2, -0.15) is 0 Å². The summed E-state index contributed by atoms with van der Waals surface area (Å²) in [7, 11) is 0. The van der Waals surface area contributed by atoms with Gasteiger partial charge in [-0.1, -0.05) is 255 Å². The molecule has 0 amide bonds. The van der Waals surface area contributed by atoms with Crippen LogP contribution in [0.25, 0.3) is 89.0 Å². The molecule has 0 bridgehead atoms. The van der Waals surface area contributed by atoms with Crippen molar-refractivity contribution in [3.8, 4) is 89.0 Å². The van der Waals surface area contributed by atoms with Crippen LogP contribution < -0.4 is 0 Å². The average molecular weight is 945 g/mol. The number of hydrogen-bond donors (Lipinski definition) is 0. The SMILES string of the molecule is c1ccc2c(c1)-c1ccccc1C21c2cc(-c3cccc4c3C3(c5ccccc5-c5ccccc53)c3ccccc3-4)ccc2-c2ccc(-c3cccc4c3C3(c5ccccc5-c5ccccc53)c3ccccc3-4)cc21. The first-order valence-electron chi connectivity index (χ1n) is 26.6. The molecule has 12 aromatic carbocycles. The molecule has 6 aliphatic rings. The highest BCUT2D eigenvalue weighted by molar-refractivity contribution is 6.03. The van der Waals surface area contributed by atoms with E-state index in [0.29, 0.717) is 0 Å². The summed E-state index contributed by atoms with van der Waals surface area (Å²) in [5.41, 5.74) is 35.7. The summed E-state index contributed by atoms with van der Waals surface area (Å²) in [5.74, 6) is 0. The normalized spacial score (nSPS) is 15.3. The minimum Gasteiger partial charge on any atom is -0.0619 e. The molecule has 0 nitrogen and oxygen atoms in total. The maximum atomic E-state index is 2.60. The molecule has 18 rings (SSSR count). The maximum absolute atomic E-state index is 2.60. The second kappa shape index (κ2) is 14.0. The zero-order valence-electron chi connectivity index (χ0n) is 40.9. The van der Waals surface area contributed by atoms with Gasteiger partial charge in [-0.05, 0) is 168 Å². The Balaban J connectivity index is 0.906. The minimum atomic E-state index is -0.569. The summed E-state index contributed by atoms with van der Waals surface area (Å²) in [6.45, 7) is 0. The zero-order chi connectivity index (χ0) is 48.8. The van der Waals surface area contributed by atoms with Crippen molar-refractivity contribution < 1.29 is 0 Å². The summed E-state index contributed by atoms with van der Waals surface area (Å²) in [6.07, 6.45) is 0. The lowest BCUT2D eigenvalue weighted by Gasteiger charge is -2.33. The van der Waals surface area contributed by atoms with E-state index in [2.05, 4.69) is 267 Å². The molecule has 0 saturated heterocycles. The average Bonchev–Trinajstić information content (AvgIpc) is 4.42. The smallest absolute Gasteiger partial charge is 0.0619 e. The van der Waals surface area contributed by atoms with Gasteiger partial charge in [0.15, 0.2) is 0 Å². The molecule has 0 unspecified atom stereocenters. The lowest BCUT2D eigenvalue weighted by molar-refractivity contribution is 0.790. The van der Waals surface area contributed by atoms with Gasteiger partial charge in [-0.25, -0.2) is 0 Å². The van der Waals surface area contributed by atoms with E-state index in [9.17, 15) is 0 Å². The Morgan fingerprint density at radius 2 is 0.360 bits per heavy atom. The number of rotatable bonds is 2. The molecule has 0 radical (unpaired) electrons. The molecule has 0 fully saturated rings. The molecular weight excluding hydrogens is 901 g/mol. The Kier molecular flexibility index (Phi) is 7.51. The molecule has 0 saturated carbocycles. The van der Waals surface area contributed by atoms with Crippen LogP contribution in [0.4, 0.5) is 0 Å². The Bertz CT molecular complexity index is 4140. The van der Waals surface area contributed by atoms with Crippen molar-refractivity contribution in [2.24, 2.45) is 0 Å². The van der Waals surface area contributed by atoms with Crippen molar-refractivity contribution >= 4 is 0 Å². The Labute approximate surface area is 436 Å². The first kappa shape index (κ1) is 40.2. The first-order chi connectivity index (χ1) is 37.2. The highest BCUT2D eigenvalue weighted by Gasteiger charge is 2.56. The summed E-state index contributed by atoms with van der Waals surface area (Å²) in [5, 5.41) is 0. The van der Waals surface area contributed by atoms with Gasteiger partial charge >= 0.3 is 0 Å². The Hall–Kier alpha value is -9.36. The highest BCUT2D eigenvalue weighted by Crippen LogP contribution is 2.68. The first-order valence-corrected chi connectivity index (χ1v) is 26.6. The molecule has 0 aliphatic heterocycles. The molecule has 3 spiro atoms. The van der Waals surface area contributed by atoms with E-state index < -0.39 is 16.2 Å². The van der Waals surface area contributed by atoms with Crippen LogP contribution in [0.15, 0.2) is 267 Å². The maximum Gasteiger partial charge on any atom is 0.0731 e. The lowest BCUT2D eigenvalue weighted by atomic mass is 9.67. The van der Waals surface area contributed by atoms with E-state index in [0.717, 1.165) is 0 Å². The van der Waals surface area contributed by atoms with Crippen LogP contribution in [0, 0.1) is 0 Å². The van der Waals surface area contributed by atoms with Crippen molar-refractivity contribution in [2.45, 2.75) is 16.2 Å². The molecule has 6 aliphatic carbocycles. The van der Waals surface area contributed by atoms with Crippen LogP contribution in [0.1, 0.15) is 66.8 Å². The van der Waals surface area contributed by atoms with E-state index in [1.165, 1.54) is 156 Å². The predicted molar refractivity (Wildman–Crippen MR) is 306 cm³/mol. The molecule has 344 valence electrons. The molecule has 12 aromatic rings. The molecule has 0 atom stereocenters. The topological polar surface area (TPSA) is 0 Å². The van der Waals surface area contributed by atoms with Gasteiger partial charge < -0.3 is 0 Å². The molecule has 75 heavy (non-hydrogen) atoms. The molecule has 0 N–H and O–H groups in total. The van der Waals surface area contributed by atoms with E-state index in [-0.39, 0.29) is 0 Å². The molecule has 0 heteroatoms. The monoisotopic (exact) mass is 944 g/mol. The van der Waals surface area contributed by atoms with Gasteiger partial charge in [0.1, 0.15) is 0 Å². The fourth-order valence-corrected chi connectivity index (χ4v) is 16.3. The third-order valence-electron chi connectivity index (χ3n) is 18.7. The van der Waals surface area contributed by atoms with Crippen LogP contribution in [-0.2, 0) is 16.2 Å². The third kappa shape index (κ3) is 4.53. The highest BCUT2D eigenvalue weighted by atomic mass is 14.6. The van der Waals surface area contributed by atoms with E-state index in [4.69, 9.17) is 0 Å². The van der Waals surface area contributed by atoms with Crippen molar-refractivity contribution in [3.05, 3.63) is 334 Å². The quantitative estimate of drug-likeness (QED) is 0.162. The van der Waals surface area contributed by atoms with Gasteiger partial charge in [-0.15, -0.1) is 0 Å². The Morgan fingerprint density at radius 1 is 0.147 bits per heavy atom. The van der Waals surface area contributed by atoms with Crippen molar-refractivity contribution in [2.75, 3.05) is 0 Å². The van der Waals surface area contributed by atoms with Crippen molar-refractivity contribution in [1.29, 1.82) is 0 Å². The largest absolute Gasteiger partial charge is 0.0731 e. The Morgan fingerprint density at radius 3 is 0.653 bits per heavy atom. The van der Waals surface area contributed by atoms with Crippen LogP contribution in [-0.4, -0.2) is 0 Å². The molecule has 0 aromatic heterocycles. The summed E-state index contributed by atoms with van der Waals surface area (Å²) in [6, 6.07) is 103. The number of benzene rings is 12. The van der Waals surface area contributed by atoms with Gasteiger partial charge in [0, 0.05) is 0 Å². The zero-order valence-corrected chi connectivity index (χ0v) is 40.9. The van der Waals surface area contributed by atoms with E-state index in [1.807, 2.05) is 0 Å². The van der Waals surface area contributed by atoms with Crippen LogP contribution >= 0.6 is 0 Å². The molecule has 0 heterocycles. The third-order valence-corrected chi connectivity index (χ3v) is 18.7. The van der Waals surface area contributed by atoms with Crippen LogP contribution in [0.5, 0.6) is 0 Å². The van der Waals surface area contributed by atoms with Crippen LogP contribution in [0.3, 0.4) is 0 Å². The molecular formula is C75H44. The van der Waals surface area contributed by atoms with Gasteiger partial charge in [0.2, 0.25) is 0 Å². The predicted octanol–water partition coefficient (Wildman–Crippen LogP) is 18.1. The summed E-state index contributed by atoms with van der Waals surface area (Å²) >= 11 is 0. The van der Waals surface area contributed by atoms with Crippen molar-refractivity contribution in [3.63, 3.8) is 0 Å². The van der Waals surface area contributed by atoms with E-state index in [1.54, 1.807) is 0 Å². The van der Waals surface area contributed by atoms with Crippen LogP contribution in [0.2, 0.25) is 0 Å². The summed E-state index contributed by atoms with van der Waals surface area (Å²) in [4.78, 5) is 0.